The van der Waals surface area contributed by atoms with Gasteiger partial charge in [0, 0.05) is 49.7 Å². The smallest absolute Gasteiger partial charge is 0.219 e. The van der Waals surface area contributed by atoms with E-state index in [9.17, 15) is 17.6 Å². The molecular formula is C22H22FN5O3S. The third-order valence-electron chi connectivity index (χ3n) is 5.56. The Bertz CT molecular complexity index is 1280. The lowest BCUT2D eigenvalue weighted by Crippen LogP contribution is -2.44. The molecule has 1 saturated heterocycles. The molecule has 1 aliphatic rings. The number of nitrogens with zero attached hydrogens (tertiary/aromatic N) is 4. The van der Waals surface area contributed by atoms with Gasteiger partial charge in [-0.3, -0.25) is 9.78 Å². The third kappa shape index (κ3) is 4.05. The Kier molecular flexibility index (Phi) is 5.88. The maximum absolute atomic E-state index is 15.0. The van der Waals surface area contributed by atoms with E-state index in [1.807, 2.05) is 0 Å². The van der Waals surface area contributed by atoms with Gasteiger partial charge in [0.2, 0.25) is 15.7 Å². The number of carbonyl (C=O) groups excluding carboxylic acids is 1. The van der Waals surface area contributed by atoms with Crippen molar-refractivity contribution in [1.82, 2.24) is 19.9 Å². The Morgan fingerprint density at radius 1 is 1.12 bits per heavy atom. The summed E-state index contributed by atoms with van der Waals surface area (Å²) >= 11 is 0. The first-order valence-electron chi connectivity index (χ1n) is 10.1. The van der Waals surface area contributed by atoms with Crippen LogP contribution in [0, 0.1) is 5.82 Å². The molecule has 0 spiro atoms. The molecule has 166 valence electrons. The molecule has 2 aromatic heterocycles. The Balaban J connectivity index is 1.74. The topological polar surface area (TPSA) is 119 Å². The summed E-state index contributed by atoms with van der Waals surface area (Å²) in [7, 11) is -3.86. The number of pyridine rings is 1. The van der Waals surface area contributed by atoms with Crippen molar-refractivity contribution in [2.45, 2.75) is 30.0 Å². The molecule has 8 nitrogen and oxygen atoms in total. The minimum Gasteiger partial charge on any atom is -0.382 e. The van der Waals surface area contributed by atoms with E-state index in [1.54, 1.807) is 18.2 Å². The SMILES string of the molecule is CC(=O)N1CCC[C@H](S(=O)(=O)c2ncccc2-c2ccc(-c3nccnc3N)c(F)c2)C1. The highest BCUT2D eigenvalue weighted by atomic mass is 32.2. The Hall–Kier alpha value is -3.40. The molecule has 1 amide bonds. The standard InChI is InChI=1S/C22H22FN5O3S/c1-14(29)28-11-3-4-16(13-28)32(30,31)22-17(5-2-8-27-22)15-6-7-18(19(23)12-15)20-21(24)26-10-9-25-20/h2,5-10,12,16H,3-4,11,13H2,1H3,(H2,24,26)/t16-/m0/s1. The maximum atomic E-state index is 15.0. The number of hydrogen-bond donors (Lipinski definition) is 1. The molecule has 3 aromatic rings. The fourth-order valence-corrected chi connectivity index (χ4v) is 5.77. The number of anilines is 1. The molecule has 0 aliphatic carbocycles. The molecule has 0 bridgehead atoms. The fourth-order valence-electron chi connectivity index (χ4n) is 3.90. The quantitative estimate of drug-likeness (QED) is 0.642. The minimum atomic E-state index is -3.86. The number of halogens is 1. The number of nitrogens with two attached hydrogens (primary N) is 1. The highest BCUT2D eigenvalue weighted by Crippen LogP contribution is 2.33. The number of rotatable bonds is 4. The lowest BCUT2D eigenvalue weighted by atomic mass is 10.0. The summed E-state index contributed by atoms with van der Waals surface area (Å²) in [6.07, 6.45) is 5.25. The number of likely N-dealkylation sites (tertiary alicyclic amines) is 1. The van der Waals surface area contributed by atoms with E-state index < -0.39 is 20.9 Å². The van der Waals surface area contributed by atoms with Gasteiger partial charge in [0.15, 0.2) is 5.03 Å². The summed E-state index contributed by atoms with van der Waals surface area (Å²) in [4.78, 5) is 25.4. The first-order chi connectivity index (χ1) is 15.3. The second-order valence-electron chi connectivity index (χ2n) is 7.62. The van der Waals surface area contributed by atoms with Crippen molar-refractivity contribution in [3.8, 4) is 22.4 Å². The largest absolute Gasteiger partial charge is 0.382 e. The van der Waals surface area contributed by atoms with Gasteiger partial charge in [-0.05, 0) is 42.7 Å². The molecular weight excluding hydrogens is 433 g/mol. The molecule has 2 N–H and O–H groups in total. The van der Waals surface area contributed by atoms with Crippen LogP contribution in [0.3, 0.4) is 0 Å². The maximum Gasteiger partial charge on any atom is 0.219 e. The fraction of sp³-hybridized carbons (Fsp3) is 0.273. The number of piperidine rings is 1. The number of amides is 1. The van der Waals surface area contributed by atoms with E-state index in [0.29, 0.717) is 30.5 Å². The van der Waals surface area contributed by atoms with Crippen LogP contribution in [0.5, 0.6) is 0 Å². The van der Waals surface area contributed by atoms with Gasteiger partial charge >= 0.3 is 0 Å². The van der Waals surface area contributed by atoms with Gasteiger partial charge in [-0.25, -0.2) is 22.8 Å². The van der Waals surface area contributed by atoms with Crippen LogP contribution in [0.1, 0.15) is 19.8 Å². The predicted molar refractivity (Wildman–Crippen MR) is 118 cm³/mol. The third-order valence-corrected chi connectivity index (χ3v) is 7.69. The number of hydrogen-bond acceptors (Lipinski definition) is 7. The van der Waals surface area contributed by atoms with Crippen LogP contribution >= 0.6 is 0 Å². The van der Waals surface area contributed by atoms with Crippen molar-refractivity contribution < 1.29 is 17.6 Å². The van der Waals surface area contributed by atoms with Gasteiger partial charge in [0.25, 0.3) is 0 Å². The monoisotopic (exact) mass is 455 g/mol. The number of sulfone groups is 1. The summed E-state index contributed by atoms with van der Waals surface area (Å²) < 4.78 is 41.9. The van der Waals surface area contributed by atoms with Crippen LogP contribution in [0.2, 0.25) is 0 Å². The molecule has 32 heavy (non-hydrogen) atoms. The van der Waals surface area contributed by atoms with Crippen LogP contribution < -0.4 is 5.73 Å². The van der Waals surface area contributed by atoms with Gasteiger partial charge in [-0.15, -0.1) is 0 Å². The molecule has 0 unspecified atom stereocenters. The number of benzene rings is 1. The zero-order valence-electron chi connectivity index (χ0n) is 17.4. The minimum absolute atomic E-state index is 0.0936. The average molecular weight is 456 g/mol. The summed E-state index contributed by atoms with van der Waals surface area (Å²) in [6, 6.07) is 7.53. The molecule has 10 heteroatoms. The molecule has 1 atom stereocenters. The number of aromatic nitrogens is 3. The predicted octanol–water partition coefficient (Wildman–Crippen LogP) is 2.71. The molecule has 0 saturated carbocycles. The van der Waals surface area contributed by atoms with Crippen molar-refractivity contribution in [2.24, 2.45) is 0 Å². The van der Waals surface area contributed by atoms with Gasteiger partial charge in [-0.1, -0.05) is 6.07 Å². The van der Waals surface area contributed by atoms with E-state index in [-0.39, 0.29) is 34.6 Å². The molecule has 1 aliphatic heterocycles. The summed E-state index contributed by atoms with van der Waals surface area (Å²) in [5.74, 6) is -0.675. The molecule has 1 aromatic carbocycles. The lowest BCUT2D eigenvalue weighted by molar-refractivity contribution is -0.129. The van der Waals surface area contributed by atoms with Crippen molar-refractivity contribution in [3.05, 3.63) is 54.7 Å². The molecule has 0 radical (unpaired) electrons. The summed E-state index contributed by atoms with van der Waals surface area (Å²) in [5.41, 5.74) is 6.84. The highest BCUT2D eigenvalue weighted by molar-refractivity contribution is 7.92. The zero-order chi connectivity index (χ0) is 22.9. The van der Waals surface area contributed by atoms with E-state index in [2.05, 4.69) is 15.0 Å². The van der Waals surface area contributed by atoms with Gasteiger partial charge < -0.3 is 10.6 Å². The molecule has 1 fully saturated rings. The van der Waals surface area contributed by atoms with Crippen LogP contribution in [0.25, 0.3) is 22.4 Å². The Morgan fingerprint density at radius 2 is 1.91 bits per heavy atom. The van der Waals surface area contributed by atoms with E-state index in [0.717, 1.165) is 0 Å². The second kappa shape index (κ2) is 8.62. The van der Waals surface area contributed by atoms with Crippen molar-refractivity contribution >= 4 is 21.6 Å². The first kappa shape index (κ1) is 21.8. The van der Waals surface area contributed by atoms with Crippen molar-refractivity contribution in [2.75, 3.05) is 18.8 Å². The average Bonchev–Trinajstić information content (AvgIpc) is 2.80. The summed E-state index contributed by atoms with van der Waals surface area (Å²) in [6.45, 7) is 2.08. The van der Waals surface area contributed by atoms with Gasteiger partial charge in [-0.2, -0.15) is 0 Å². The highest BCUT2D eigenvalue weighted by Gasteiger charge is 2.35. The van der Waals surface area contributed by atoms with Crippen LogP contribution in [0.4, 0.5) is 10.2 Å². The number of nitrogen functional groups attached to an aromatic ring is 1. The number of carbonyl (C=O) groups is 1. The van der Waals surface area contributed by atoms with E-state index in [1.165, 1.54) is 42.5 Å². The van der Waals surface area contributed by atoms with Gasteiger partial charge in [0.1, 0.15) is 17.3 Å². The van der Waals surface area contributed by atoms with Gasteiger partial charge in [0.05, 0.1) is 5.25 Å². The van der Waals surface area contributed by atoms with E-state index in [4.69, 9.17) is 5.73 Å². The normalized spacial score (nSPS) is 16.7. The van der Waals surface area contributed by atoms with Crippen LogP contribution in [-0.2, 0) is 14.6 Å². The Morgan fingerprint density at radius 3 is 2.62 bits per heavy atom. The summed E-state index contributed by atoms with van der Waals surface area (Å²) in [5, 5.41) is -0.890. The molecule has 3 heterocycles. The van der Waals surface area contributed by atoms with Crippen molar-refractivity contribution in [3.63, 3.8) is 0 Å². The molecule has 4 rings (SSSR count). The lowest BCUT2D eigenvalue weighted by Gasteiger charge is -2.31. The first-order valence-corrected chi connectivity index (χ1v) is 11.6. The zero-order valence-corrected chi connectivity index (χ0v) is 18.2. The van der Waals surface area contributed by atoms with E-state index >= 15 is 0 Å². The van der Waals surface area contributed by atoms with Crippen molar-refractivity contribution in [1.29, 1.82) is 0 Å². The Labute approximate surface area is 185 Å². The second-order valence-corrected chi connectivity index (χ2v) is 9.76. The van der Waals surface area contributed by atoms with Crippen LogP contribution in [-0.4, -0.2) is 52.5 Å². The van der Waals surface area contributed by atoms with Crippen LogP contribution in [0.15, 0.2) is 53.9 Å².